The summed E-state index contributed by atoms with van der Waals surface area (Å²) in [6.45, 7) is 4.00. The van der Waals surface area contributed by atoms with Gasteiger partial charge in [0.25, 0.3) is 0 Å². The molecule has 1 N–H and O–H groups in total. The maximum Gasteiger partial charge on any atom is 0.237 e. The van der Waals surface area contributed by atoms with Gasteiger partial charge in [-0.2, -0.15) is 5.26 Å². The monoisotopic (exact) mass is 224 g/mol. The molecule has 4 heteroatoms. The number of nitriles is 1. The van der Waals surface area contributed by atoms with Crippen LogP contribution in [-0.2, 0) is 9.53 Å². The van der Waals surface area contributed by atoms with Gasteiger partial charge >= 0.3 is 0 Å². The second-order valence-corrected chi connectivity index (χ2v) is 4.25. The highest BCUT2D eigenvalue weighted by Gasteiger charge is 2.20. The van der Waals surface area contributed by atoms with Gasteiger partial charge in [-0.05, 0) is 31.6 Å². The van der Waals surface area contributed by atoms with Crippen molar-refractivity contribution in [2.24, 2.45) is 11.8 Å². The van der Waals surface area contributed by atoms with Crippen molar-refractivity contribution >= 4 is 5.91 Å². The van der Waals surface area contributed by atoms with E-state index < -0.39 is 5.92 Å². The van der Waals surface area contributed by atoms with E-state index >= 15 is 0 Å². The molecule has 0 aromatic rings. The van der Waals surface area contributed by atoms with Crippen LogP contribution in [0.5, 0.6) is 0 Å². The standard InChI is InChI=1S/C12H20N2O2/c1-2-11(8-13)12(15)14-6-3-7-16-9-10-4-5-10/h10-11H,2-7,9H2,1H3,(H,14,15). The summed E-state index contributed by atoms with van der Waals surface area (Å²) < 4.78 is 5.44. The molecular weight excluding hydrogens is 204 g/mol. The fraction of sp³-hybridized carbons (Fsp3) is 0.833. The van der Waals surface area contributed by atoms with Crippen molar-refractivity contribution in [1.82, 2.24) is 5.32 Å². The zero-order valence-electron chi connectivity index (χ0n) is 9.87. The first-order chi connectivity index (χ1) is 7.77. The van der Waals surface area contributed by atoms with Crippen LogP contribution < -0.4 is 5.32 Å². The molecule has 16 heavy (non-hydrogen) atoms. The van der Waals surface area contributed by atoms with Crippen molar-refractivity contribution in [1.29, 1.82) is 5.26 Å². The van der Waals surface area contributed by atoms with Crippen LogP contribution in [0.1, 0.15) is 32.6 Å². The lowest BCUT2D eigenvalue weighted by atomic mass is 10.1. The largest absolute Gasteiger partial charge is 0.381 e. The molecule has 1 atom stereocenters. The van der Waals surface area contributed by atoms with Gasteiger partial charge in [-0.25, -0.2) is 0 Å². The molecule has 90 valence electrons. The molecule has 0 spiro atoms. The third-order valence-electron chi connectivity index (χ3n) is 2.70. The van der Waals surface area contributed by atoms with Crippen LogP contribution in [0.4, 0.5) is 0 Å². The van der Waals surface area contributed by atoms with E-state index in [0.29, 0.717) is 19.6 Å². The fourth-order valence-electron chi connectivity index (χ4n) is 1.38. The van der Waals surface area contributed by atoms with Gasteiger partial charge in [-0.3, -0.25) is 4.79 Å². The molecule has 1 rings (SSSR count). The van der Waals surface area contributed by atoms with Crippen LogP contribution in [0.2, 0.25) is 0 Å². The highest BCUT2D eigenvalue weighted by Crippen LogP contribution is 2.28. The predicted octanol–water partition coefficient (Wildman–Crippen LogP) is 1.47. The Kier molecular flexibility index (Phi) is 5.87. The van der Waals surface area contributed by atoms with E-state index in [0.717, 1.165) is 18.9 Å². The van der Waals surface area contributed by atoms with Gasteiger partial charge in [-0.1, -0.05) is 6.92 Å². The Morgan fingerprint density at radius 2 is 2.38 bits per heavy atom. The fourth-order valence-corrected chi connectivity index (χ4v) is 1.38. The minimum atomic E-state index is -0.507. The molecule has 0 aromatic heterocycles. The van der Waals surface area contributed by atoms with Crippen molar-refractivity contribution in [3.8, 4) is 6.07 Å². The van der Waals surface area contributed by atoms with Gasteiger partial charge < -0.3 is 10.1 Å². The van der Waals surface area contributed by atoms with Crippen molar-refractivity contribution in [2.75, 3.05) is 19.8 Å². The molecule has 1 fully saturated rings. The van der Waals surface area contributed by atoms with E-state index in [-0.39, 0.29) is 5.91 Å². The van der Waals surface area contributed by atoms with Crippen LogP contribution in [0.15, 0.2) is 0 Å². The maximum absolute atomic E-state index is 11.4. The van der Waals surface area contributed by atoms with Gasteiger partial charge in [-0.15, -0.1) is 0 Å². The summed E-state index contributed by atoms with van der Waals surface area (Å²) in [6, 6.07) is 1.98. The number of amides is 1. The van der Waals surface area contributed by atoms with Gasteiger partial charge in [0.15, 0.2) is 0 Å². The topological polar surface area (TPSA) is 62.1 Å². The number of carbonyl (C=O) groups is 1. The molecule has 0 radical (unpaired) electrons. The quantitative estimate of drug-likeness (QED) is 0.635. The van der Waals surface area contributed by atoms with Crippen molar-refractivity contribution in [3.05, 3.63) is 0 Å². The first-order valence-electron chi connectivity index (χ1n) is 6.03. The Hall–Kier alpha value is -1.08. The predicted molar refractivity (Wildman–Crippen MR) is 60.6 cm³/mol. The summed E-state index contributed by atoms with van der Waals surface area (Å²) >= 11 is 0. The second kappa shape index (κ2) is 7.24. The maximum atomic E-state index is 11.4. The molecule has 1 aliphatic rings. The molecule has 4 nitrogen and oxygen atoms in total. The van der Waals surface area contributed by atoms with E-state index in [4.69, 9.17) is 10.00 Å². The molecule has 0 bridgehead atoms. The lowest BCUT2D eigenvalue weighted by Gasteiger charge is -2.08. The summed E-state index contributed by atoms with van der Waals surface area (Å²) in [7, 11) is 0. The summed E-state index contributed by atoms with van der Waals surface area (Å²) in [5, 5.41) is 11.4. The van der Waals surface area contributed by atoms with E-state index in [1.807, 2.05) is 13.0 Å². The number of hydrogen-bond acceptors (Lipinski definition) is 3. The molecule has 1 aliphatic carbocycles. The third kappa shape index (κ3) is 5.13. The van der Waals surface area contributed by atoms with E-state index in [1.165, 1.54) is 12.8 Å². The Morgan fingerprint density at radius 1 is 1.62 bits per heavy atom. The van der Waals surface area contributed by atoms with E-state index in [2.05, 4.69) is 5.32 Å². The van der Waals surface area contributed by atoms with Crippen molar-refractivity contribution in [3.63, 3.8) is 0 Å². The first-order valence-corrected chi connectivity index (χ1v) is 6.03. The molecule has 0 saturated heterocycles. The first kappa shape index (κ1) is 13.0. The van der Waals surface area contributed by atoms with Crippen molar-refractivity contribution in [2.45, 2.75) is 32.6 Å². The zero-order valence-corrected chi connectivity index (χ0v) is 9.87. The summed E-state index contributed by atoms with van der Waals surface area (Å²) in [5.74, 6) is 0.122. The third-order valence-corrected chi connectivity index (χ3v) is 2.70. The highest BCUT2D eigenvalue weighted by molar-refractivity contribution is 5.80. The Labute approximate surface area is 97.0 Å². The number of ether oxygens (including phenoxy) is 1. The number of rotatable bonds is 8. The molecular formula is C12H20N2O2. The molecule has 1 amide bonds. The van der Waals surface area contributed by atoms with Gasteiger partial charge in [0.05, 0.1) is 6.07 Å². The number of hydrogen-bond donors (Lipinski definition) is 1. The minimum Gasteiger partial charge on any atom is -0.381 e. The zero-order chi connectivity index (χ0) is 11.8. The average molecular weight is 224 g/mol. The average Bonchev–Trinajstić information content (AvgIpc) is 3.09. The van der Waals surface area contributed by atoms with Crippen LogP contribution in [0.3, 0.4) is 0 Å². The number of nitrogens with one attached hydrogen (secondary N) is 1. The van der Waals surface area contributed by atoms with E-state index in [9.17, 15) is 4.79 Å². The van der Waals surface area contributed by atoms with Crippen LogP contribution >= 0.6 is 0 Å². The summed E-state index contributed by atoms with van der Waals surface area (Å²) in [5.41, 5.74) is 0. The highest BCUT2D eigenvalue weighted by atomic mass is 16.5. The number of carbonyl (C=O) groups excluding carboxylic acids is 1. The normalized spacial score (nSPS) is 16.5. The Balaban J connectivity index is 1.92. The Morgan fingerprint density at radius 3 is 2.94 bits per heavy atom. The lowest BCUT2D eigenvalue weighted by Crippen LogP contribution is -2.30. The minimum absolute atomic E-state index is 0.160. The molecule has 0 aromatic carbocycles. The number of nitrogens with zero attached hydrogens (tertiary/aromatic N) is 1. The van der Waals surface area contributed by atoms with Crippen molar-refractivity contribution < 1.29 is 9.53 Å². The van der Waals surface area contributed by atoms with Crippen LogP contribution in [0, 0.1) is 23.2 Å². The summed E-state index contributed by atoms with van der Waals surface area (Å²) in [4.78, 5) is 11.4. The second-order valence-electron chi connectivity index (χ2n) is 4.25. The molecule has 1 unspecified atom stereocenters. The molecule has 0 aliphatic heterocycles. The lowest BCUT2D eigenvalue weighted by molar-refractivity contribution is -0.123. The molecule has 1 saturated carbocycles. The Bertz CT molecular complexity index is 256. The SMILES string of the molecule is CCC(C#N)C(=O)NCCCOCC1CC1. The van der Waals surface area contributed by atoms with Gasteiger partial charge in [0, 0.05) is 19.8 Å². The summed E-state index contributed by atoms with van der Waals surface area (Å²) in [6.07, 6.45) is 4.00. The molecule has 0 heterocycles. The van der Waals surface area contributed by atoms with Crippen LogP contribution in [-0.4, -0.2) is 25.7 Å². The van der Waals surface area contributed by atoms with E-state index in [1.54, 1.807) is 0 Å². The smallest absolute Gasteiger partial charge is 0.237 e. The van der Waals surface area contributed by atoms with Gasteiger partial charge in [0.1, 0.15) is 5.92 Å². The van der Waals surface area contributed by atoms with Crippen LogP contribution in [0.25, 0.3) is 0 Å². The van der Waals surface area contributed by atoms with Gasteiger partial charge in [0.2, 0.25) is 5.91 Å².